The zero-order valence-electron chi connectivity index (χ0n) is 19.0. The maximum Gasteiger partial charge on any atom is 0.225 e. The van der Waals surface area contributed by atoms with Gasteiger partial charge in [-0.05, 0) is 37.1 Å². The van der Waals surface area contributed by atoms with Gasteiger partial charge in [-0.25, -0.2) is 0 Å². The van der Waals surface area contributed by atoms with Crippen molar-refractivity contribution in [2.24, 2.45) is 10.4 Å². The zero-order valence-corrected chi connectivity index (χ0v) is 21.3. The van der Waals surface area contributed by atoms with Crippen molar-refractivity contribution in [2.75, 3.05) is 40.9 Å². The summed E-state index contributed by atoms with van der Waals surface area (Å²) in [6.45, 7) is 12.2. The highest BCUT2D eigenvalue weighted by Crippen LogP contribution is 2.30. The van der Waals surface area contributed by atoms with E-state index in [1.807, 2.05) is 46.9 Å². The lowest BCUT2D eigenvalue weighted by atomic mass is 9.96. The molecule has 0 aliphatic heterocycles. The number of amides is 1. The Labute approximate surface area is 192 Å². The van der Waals surface area contributed by atoms with Crippen molar-refractivity contribution in [3.05, 3.63) is 23.3 Å². The summed E-state index contributed by atoms with van der Waals surface area (Å²) in [5.41, 5.74) is 1.86. The Balaban J connectivity index is 0.00000784. The Kier molecular flexibility index (Phi) is 12.0. The molecular formula is C21H37IN4O3. The molecule has 1 aromatic rings. The molecule has 0 heterocycles. The summed E-state index contributed by atoms with van der Waals surface area (Å²) in [7, 11) is 5.26. The molecule has 29 heavy (non-hydrogen) atoms. The van der Waals surface area contributed by atoms with Crippen molar-refractivity contribution in [3.63, 3.8) is 0 Å². The fraction of sp³-hybridized carbons (Fsp3) is 0.619. The number of nitrogens with one attached hydrogen (secondary N) is 2. The van der Waals surface area contributed by atoms with Crippen molar-refractivity contribution in [2.45, 2.75) is 41.2 Å². The Morgan fingerprint density at radius 3 is 2.24 bits per heavy atom. The van der Waals surface area contributed by atoms with Crippen LogP contribution in [0.1, 0.15) is 38.8 Å². The van der Waals surface area contributed by atoms with Gasteiger partial charge in [-0.3, -0.25) is 9.79 Å². The fourth-order valence-corrected chi connectivity index (χ4v) is 2.59. The molecule has 1 rings (SSSR count). The smallest absolute Gasteiger partial charge is 0.225 e. The van der Waals surface area contributed by atoms with Crippen molar-refractivity contribution in [1.82, 2.24) is 15.5 Å². The summed E-state index contributed by atoms with van der Waals surface area (Å²) in [5.74, 6) is 2.26. The number of carbonyl (C=O) groups excluding carboxylic acids is 1. The third kappa shape index (κ3) is 8.67. The fourth-order valence-electron chi connectivity index (χ4n) is 2.59. The third-order valence-electron chi connectivity index (χ3n) is 4.29. The van der Waals surface area contributed by atoms with Crippen molar-refractivity contribution in [3.8, 4) is 11.5 Å². The second kappa shape index (κ2) is 12.8. The van der Waals surface area contributed by atoms with E-state index >= 15 is 0 Å². The summed E-state index contributed by atoms with van der Waals surface area (Å²) in [6, 6.07) is 3.98. The predicted molar refractivity (Wildman–Crippen MR) is 130 cm³/mol. The summed E-state index contributed by atoms with van der Waals surface area (Å²) in [6.07, 6.45) is 0. The van der Waals surface area contributed by atoms with Crippen LogP contribution in [0.25, 0.3) is 0 Å². The van der Waals surface area contributed by atoms with E-state index in [0.717, 1.165) is 29.4 Å². The van der Waals surface area contributed by atoms with Crippen molar-refractivity contribution in [1.29, 1.82) is 0 Å². The van der Waals surface area contributed by atoms with Crippen molar-refractivity contribution < 1.29 is 14.3 Å². The maximum atomic E-state index is 12.0. The van der Waals surface area contributed by atoms with Crippen LogP contribution in [-0.4, -0.2) is 57.7 Å². The van der Waals surface area contributed by atoms with Crippen LogP contribution in [0.4, 0.5) is 0 Å². The quantitative estimate of drug-likeness (QED) is 0.239. The molecule has 8 heteroatoms. The Hall–Kier alpha value is -1.71. The maximum absolute atomic E-state index is 12.0. The molecule has 0 aliphatic carbocycles. The molecule has 1 aromatic carbocycles. The predicted octanol–water partition coefficient (Wildman–Crippen LogP) is 3.19. The monoisotopic (exact) mass is 520 g/mol. The first kappa shape index (κ1) is 27.3. The van der Waals surface area contributed by atoms with Crippen LogP contribution < -0.4 is 20.1 Å². The van der Waals surface area contributed by atoms with Gasteiger partial charge in [0, 0.05) is 32.1 Å². The van der Waals surface area contributed by atoms with E-state index in [1.54, 1.807) is 14.2 Å². The van der Waals surface area contributed by atoms with Gasteiger partial charge in [-0.15, -0.1) is 24.0 Å². The zero-order chi connectivity index (χ0) is 21.3. The van der Waals surface area contributed by atoms with Gasteiger partial charge < -0.3 is 25.0 Å². The molecule has 0 bridgehead atoms. The standard InChI is InChI=1S/C21H36N4O3.HI/c1-9-22-20(24-11-10-23-19(26)21(3,4)5)25(6)14-16-13-18(28-8)17(27-7)12-15(16)2;/h12-13H,9-11,14H2,1-8H3,(H,22,24)(H,23,26);1H. The molecular weight excluding hydrogens is 483 g/mol. The third-order valence-corrected chi connectivity index (χ3v) is 4.29. The van der Waals surface area contributed by atoms with E-state index in [1.165, 1.54) is 0 Å². The number of halogens is 1. The van der Waals surface area contributed by atoms with Crippen LogP contribution in [-0.2, 0) is 11.3 Å². The van der Waals surface area contributed by atoms with Crippen LogP contribution in [0.3, 0.4) is 0 Å². The minimum atomic E-state index is -0.393. The molecule has 0 saturated heterocycles. The van der Waals surface area contributed by atoms with Gasteiger partial charge in [0.2, 0.25) is 5.91 Å². The van der Waals surface area contributed by atoms with Gasteiger partial charge in [0.15, 0.2) is 17.5 Å². The summed E-state index contributed by atoms with van der Waals surface area (Å²) in [4.78, 5) is 18.6. The number of benzene rings is 1. The second-order valence-corrected chi connectivity index (χ2v) is 7.73. The van der Waals surface area contributed by atoms with E-state index in [2.05, 4.69) is 27.4 Å². The molecule has 0 aromatic heterocycles. The number of hydrogen-bond donors (Lipinski definition) is 2. The molecule has 0 radical (unpaired) electrons. The highest BCUT2D eigenvalue weighted by molar-refractivity contribution is 14.0. The number of aryl methyl sites for hydroxylation is 1. The molecule has 0 atom stereocenters. The Morgan fingerprint density at radius 2 is 1.72 bits per heavy atom. The number of rotatable bonds is 8. The van der Waals surface area contributed by atoms with E-state index in [9.17, 15) is 4.79 Å². The van der Waals surface area contributed by atoms with Crippen LogP contribution in [0.5, 0.6) is 11.5 Å². The number of hydrogen-bond acceptors (Lipinski definition) is 4. The lowest BCUT2D eigenvalue weighted by Gasteiger charge is -2.24. The molecule has 7 nitrogen and oxygen atoms in total. The molecule has 0 saturated carbocycles. The highest BCUT2D eigenvalue weighted by Gasteiger charge is 2.20. The van der Waals surface area contributed by atoms with Crippen LogP contribution in [0, 0.1) is 12.3 Å². The largest absolute Gasteiger partial charge is 0.493 e. The van der Waals surface area contributed by atoms with Gasteiger partial charge >= 0.3 is 0 Å². The second-order valence-electron chi connectivity index (χ2n) is 7.73. The molecule has 0 aliphatic rings. The SMILES string of the molecule is CCNC(=NCCNC(=O)C(C)(C)C)N(C)Cc1cc(OC)c(OC)cc1C.I. The number of carbonyl (C=O) groups is 1. The van der Waals surface area contributed by atoms with Crippen molar-refractivity contribution >= 4 is 35.8 Å². The lowest BCUT2D eigenvalue weighted by molar-refractivity contribution is -0.128. The van der Waals surface area contributed by atoms with E-state index in [-0.39, 0.29) is 29.9 Å². The summed E-state index contributed by atoms with van der Waals surface area (Å²) < 4.78 is 10.8. The Morgan fingerprint density at radius 1 is 1.14 bits per heavy atom. The van der Waals surface area contributed by atoms with Crippen LogP contribution in [0.15, 0.2) is 17.1 Å². The first-order valence-electron chi connectivity index (χ1n) is 9.63. The first-order chi connectivity index (χ1) is 13.1. The minimum Gasteiger partial charge on any atom is -0.493 e. The number of aliphatic imine (C=N–C) groups is 1. The normalized spacial score (nSPS) is 11.4. The van der Waals surface area contributed by atoms with Gasteiger partial charge in [0.05, 0.1) is 20.8 Å². The Bertz CT molecular complexity index is 687. The minimum absolute atomic E-state index is 0. The number of nitrogens with zero attached hydrogens (tertiary/aromatic N) is 2. The molecule has 0 spiro atoms. The van der Waals surface area contributed by atoms with Crippen LogP contribution in [0.2, 0.25) is 0 Å². The lowest BCUT2D eigenvalue weighted by Crippen LogP contribution is -2.40. The van der Waals surface area contributed by atoms with Gasteiger partial charge in [0.1, 0.15) is 0 Å². The van der Waals surface area contributed by atoms with Crippen LogP contribution >= 0.6 is 24.0 Å². The van der Waals surface area contributed by atoms with E-state index < -0.39 is 5.41 Å². The van der Waals surface area contributed by atoms with E-state index in [4.69, 9.17) is 9.47 Å². The van der Waals surface area contributed by atoms with E-state index in [0.29, 0.717) is 25.4 Å². The summed E-state index contributed by atoms with van der Waals surface area (Å²) in [5, 5.41) is 6.22. The first-order valence-corrected chi connectivity index (χ1v) is 9.63. The number of ether oxygens (including phenoxy) is 2. The van der Waals surface area contributed by atoms with Gasteiger partial charge in [0.25, 0.3) is 0 Å². The molecule has 166 valence electrons. The topological polar surface area (TPSA) is 75.2 Å². The average Bonchev–Trinajstić information content (AvgIpc) is 2.64. The molecule has 0 fully saturated rings. The number of guanidine groups is 1. The molecule has 0 unspecified atom stereocenters. The van der Waals surface area contributed by atoms with Gasteiger partial charge in [-0.1, -0.05) is 20.8 Å². The van der Waals surface area contributed by atoms with Gasteiger partial charge in [-0.2, -0.15) is 0 Å². The summed E-state index contributed by atoms with van der Waals surface area (Å²) >= 11 is 0. The molecule has 1 amide bonds. The number of methoxy groups -OCH3 is 2. The average molecular weight is 520 g/mol. The molecule has 2 N–H and O–H groups in total. The highest BCUT2D eigenvalue weighted by atomic mass is 127.